The van der Waals surface area contributed by atoms with Crippen LogP contribution in [0.2, 0.25) is 5.02 Å². The molecule has 0 N–H and O–H groups in total. The Balaban J connectivity index is 0.00000370. The number of halogens is 2. The number of amides is 1. The third-order valence-electron chi connectivity index (χ3n) is 7.43. The van der Waals surface area contributed by atoms with Crippen molar-refractivity contribution >= 4 is 66.6 Å². The van der Waals surface area contributed by atoms with Crippen molar-refractivity contribution in [3.8, 4) is 0 Å². The van der Waals surface area contributed by atoms with Crippen LogP contribution in [0.25, 0.3) is 10.2 Å². The Labute approximate surface area is 251 Å². The van der Waals surface area contributed by atoms with E-state index in [1.54, 1.807) is 33.5 Å². The van der Waals surface area contributed by atoms with Crippen LogP contribution in [0.3, 0.4) is 0 Å². The zero-order valence-electron chi connectivity index (χ0n) is 22.8. The minimum absolute atomic E-state index is 0. The number of aromatic nitrogens is 1. The van der Waals surface area contributed by atoms with Crippen LogP contribution in [0.15, 0.2) is 41.3 Å². The fourth-order valence-corrected chi connectivity index (χ4v) is 8.30. The first kappa shape index (κ1) is 31.2. The zero-order valence-corrected chi connectivity index (χ0v) is 26.0. The Morgan fingerprint density at radius 2 is 1.90 bits per heavy atom. The van der Waals surface area contributed by atoms with E-state index >= 15 is 0 Å². The molecule has 0 saturated carbocycles. The zero-order chi connectivity index (χ0) is 27.6. The Morgan fingerprint density at radius 3 is 2.60 bits per heavy atom. The number of fused-ring (bicyclic) bond motifs is 1. The molecule has 5 rings (SSSR count). The summed E-state index contributed by atoms with van der Waals surface area (Å²) in [6, 6.07) is 10.1. The average Bonchev–Trinajstić information content (AvgIpc) is 3.35. The molecule has 1 aromatic heterocycles. The van der Waals surface area contributed by atoms with Gasteiger partial charge in [-0.1, -0.05) is 29.9 Å². The highest BCUT2D eigenvalue weighted by Gasteiger charge is 2.29. The predicted octanol–water partition coefficient (Wildman–Crippen LogP) is 5.47. The number of nitrogens with zero attached hydrogens (tertiary/aromatic N) is 4. The van der Waals surface area contributed by atoms with E-state index in [1.165, 1.54) is 11.3 Å². The lowest BCUT2D eigenvalue weighted by atomic mass is 10.0. The number of rotatable bonds is 8. The lowest BCUT2D eigenvalue weighted by molar-refractivity contribution is 0.0376. The van der Waals surface area contributed by atoms with Crippen LogP contribution in [0.5, 0.6) is 0 Å². The molecule has 218 valence electrons. The molecule has 1 atom stereocenters. The highest BCUT2D eigenvalue weighted by Crippen LogP contribution is 2.34. The summed E-state index contributed by atoms with van der Waals surface area (Å²) in [6.07, 6.45) is 2.68. The largest absolute Gasteiger partial charge is 0.379 e. The number of hydrogen-bond donors (Lipinski definition) is 0. The quantitative estimate of drug-likeness (QED) is 0.330. The summed E-state index contributed by atoms with van der Waals surface area (Å²) in [5, 5.41) is 1.25. The first-order valence-corrected chi connectivity index (χ1v) is 16.1. The van der Waals surface area contributed by atoms with Crippen molar-refractivity contribution in [2.24, 2.45) is 5.92 Å². The van der Waals surface area contributed by atoms with Crippen molar-refractivity contribution in [3.63, 3.8) is 0 Å². The van der Waals surface area contributed by atoms with Gasteiger partial charge in [0, 0.05) is 49.9 Å². The van der Waals surface area contributed by atoms with Crippen molar-refractivity contribution in [1.82, 2.24) is 14.2 Å². The molecule has 8 nitrogen and oxygen atoms in total. The Morgan fingerprint density at radius 1 is 1.18 bits per heavy atom. The fraction of sp³-hybridized carbons (Fsp3) is 0.500. The summed E-state index contributed by atoms with van der Waals surface area (Å²) in [4.78, 5) is 22.9. The molecule has 0 radical (unpaired) electrons. The normalized spacial score (nSPS) is 18.9. The topological polar surface area (TPSA) is 83.0 Å². The number of hydrogen-bond acceptors (Lipinski definition) is 7. The maximum Gasteiger partial charge on any atom is 0.260 e. The van der Waals surface area contributed by atoms with Crippen LogP contribution in [-0.2, 0) is 14.8 Å². The van der Waals surface area contributed by atoms with E-state index in [4.69, 9.17) is 21.3 Å². The summed E-state index contributed by atoms with van der Waals surface area (Å²) >= 11 is 7.73. The number of ether oxygens (including phenoxy) is 1. The van der Waals surface area contributed by atoms with Gasteiger partial charge in [0.15, 0.2) is 5.13 Å². The number of morpholine rings is 1. The van der Waals surface area contributed by atoms with Gasteiger partial charge in [0.05, 0.1) is 28.3 Å². The van der Waals surface area contributed by atoms with E-state index in [9.17, 15) is 13.2 Å². The molecule has 1 unspecified atom stereocenters. The van der Waals surface area contributed by atoms with Crippen LogP contribution >= 0.6 is 35.3 Å². The van der Waals surface area contributed by atoms with Crippen molar-refractivity contribution < 1.29 is 17.9 Å². The second-order valence-electron chi connectivity index (χ2n) is 10.5. The van der Waals surface area contributed by atoms with E-state index in [0.717, 1.165) is 67.9 Å². The summed E-state index contributed by atoms with van der Waals surface area (Å²) in [5.74, 6) is 0.142. The van der Waals surface area contributed by atoms with Crippen molar-refractivity contribution in [2.45, 2.75) is 38.0 Å². The SMILES string of the molecule is Cc1cc(Cl)cc2sc(N(CCCN3CCOCC3)C(=O)c3ccc(S(=O)(=O)N4CCCC(C)C4)cc3)nc12.Cl. The maximum atomic E-state index is 13.8. The van der Waals surface area contributed by atoms with Gasteiger partial charge in [0.25, 0.3) is 5.91 Å². The maximum absolute atomic E-state index is 13.8. The lowest BCUT2D eigenvalue weighted by Gasteiger charge is -2.30. The molecule has 0 aliphatic carbocycles. The minimum atomic E-state index is -3.59. The second-order valence-corrected chi connectivity index (χ2v) is 13.8. The third kappa shape index (κ3) is 6.98. The summed E-state index contributed by atoms with van der Waals surface area (Å²) in [5.41, 5.74) is 2.23. The Hall–Kier alpha value is -1.79. The van der Waals surface area contributed by atoms with Crippen LogP contribution < -0.4 is 4.90 Å². The molecule has 2 fully saturated rings. The Kier molecular flexibility index (Phi) is 10.5. The lowest BCUT2D eigenvalue weighted by Crippen LogP contribution is -2.39. The molecule has 40 heavy (non-hydrogen) atoms. The molecular formula is C28H36Cl2N4O4S2. The van der Waals surface area contributed by atoms with Gasteiger partial charge in [0.2, 0.25) is 10.0 Å². The first-order valence-electron chi connectivity index (χ1n) is 13.5. The van der Waals surface area contributed by atoms with Crippen LogP contribution in [0.1, 0.15) is 42.1 Å². The highest BCUT2D eigenvalue weighted by atomic mass is 35.5. The van der Waals surface area contributed by atoms with Gasteiger partial charge in [-0.15, -0.1) is 12.4 Å². The third-order valence-corrected chi connectivity index (χ3v) is 10.6. The molecule has 0 spiro atoms. The van der Waals surface area contributed by atoms with Gasteiger partial charge in [-0.3, -0.25) is 14.6 Å². The number of anilines is 1. The molecule has 2 aliphatic heterocycles. The standard InChI is InChI=1S/C28H35ClN4O4S2.ClH/c1-20-5-3-11-32(19-20)39(35,36)24-8-6-22(7-9-24)27(34)33(12-4-10-31-13-15-37-16-14-31)28-30-26-21(2)17-23(29)18-25(26)38-28;/h6-9,17-18,20H,3-5,10-16,19H2,1-2H3;1H. The van der Waals surface area contributed by atoms with Gasteiger partial charge in [-0.05, 0) is 74.1 Å². The molecule has 3 aromatic rings. The number of benzene rings is 2. The van der Waals surface area contributed by atoms with Crippen molar-refractivity contribution in [1.29, 1.82) is 0 Å². The molecular weight excluding hydrogens is 591 g/mol. The Bertz CT molecular complexity index is 1430. The van der Waals surface area contributed by atoms with Crippen LogP contribution in [0, 0.1) is 12.8 Å². The van der Waals surface area contributed by atoms with E-state index in [2.05, 4.69) is 11.8 Å². The fourth-order valence-electron chi connectivity index (χ4n) is 5.26. The van der Waals surface area contributed by atoms with Crippen molar-refractivity contribution in [2.75, 3.05) is 57.4 Å². The summed E-state index contributed by atoms with van der Waals surface area (Å²) < 4.78 is 34.4. The number of aryl methyl sites for hydroxylation is 1. The number of sulfonamides is 1. The minimum Gasteiger partial charge on any atom is -0.379 e. The van der Waals surface area contributed by atoms with Crippen LogP contribution in [-0.4, -0.2) is 81.0 Å². The van der Waals surface area contributed by atoms with E-state index < -0.39 is 10.0 Å². The molecule has 2 aromatic carbocycles. The predicted molar refractivity (Wildman–Crippen MR) is 164 cm³/mol. The van der Waals surface area contributed by atoms with Gasteiger partial charge in [-0.2, -0.15) is 4.31 Å². The van der Waals surface area contributed by atoms with E-state index in [0.29, 0.717) is 41.3 Å². The average molecular weight is 628 g/mol. The molecule has 3 heterocycles. The molecule has 0 bridgehead atoms. The van der Waals surface area contributed by atoms with Gasteiger partial charge in [0.1, 0.15) is 0 Å². The molecule has 2 saturated heterocycles. The summed E-state index contributed by atoms with van der Waals surface area (Å²) in [6.45, 7) is 9.68. The van der Waals surface area contributed by atoms with Gasteiger partial charge in [-0.25, -0.2) is 13.4 Å². The number of thiazole rings is 1. The molecule has 2 aliphatic rings. The van der Waals surface area contributed by atoms with Gasteiger partial charge >= 0.3 is 0 Å². The van der Waals surface area contributed by atoms with Crippen molar-refractivity contribution in [3.05, 3.63) is 52.5 Å². The second kappa shape index (κ2) is 13.5. The monoisotopic (exact) mass is 626 g/mol. The van der Waals surface area contributed by atoms with E-state index in [1.807, 2.05) is 19.1 Å². The van der Waals surface area contributed by atoms with E-state index in [-0.39, 0.29) is 23.2 Å². The molecule has 1 amide bonds. The van der Waals surface area contributed by atoms with Gasteiger partial charge < -0.3 is 4.74 Å². The number of piperidine rings is 1. The molecule has 12 heteroatoms. The first-order chi connectivity index (χ1) is 18.7. The number of carbonyl (C=O) groups is 1. The highest BCUT2D eigenvalue weighted by molar-refractivity contribution is 7.89. The van der Waals surface area contributed by atoms with Crippen LogP contribution in [0.4, 0.5) is 5.13 Å². The smallest absolute Gasteiger partial charge is 0.260 e. The number of carbonyl (C=O) groups excluding carboxylic acids is 1. The summed E-state index contributed by atoms with van der Waals surface area (Å²) in [7, 11) is -3.59.